The zero-order valence-corrected chi connectivity index (χ0v) is 17.9. The summed E-state index contributed by atoms with van der Waals surface area (Å²) in [6, 6.07) is 10.1. The van der Waals surface area contributed by atoms with E-state index in [2.05, 4.69) is 49.7 Å². The van der Waals surface area contributed by atoms with Crippen molar-refractivity contribution in [2.45, 2.75) is 6.92 Å². The number of nitrogens with one attached hydrogen (secondary N) is 2. The van der Waals surface area contributed by atoms with Crippen LogP contribution in [-0.4, -0.2) is 80.1 Å². The van der Waals surface area contributed by atoms with Gasteiger partial charge in [0.15, 0.2) is 5.96 Å². The SMILES string of the molecule is CCNC(=NCCN1C(=O)CNC1=O)N1CCN(c2ccccc2)CC1.I. The number of aliphatic imine (C=N–C) groups is 1. The third-order valence-electron chi connectivity index (χ3n) is 4.56. The van der Waals surface area contributed by atoms with Gasteiger partial charge >= 0.3 is 6.03 Å². The van der Waals surface area contributed by atoms with Gasteiger partial charge in [-0.15, -0.1) is 24.0 Å². The molecule has 0 radical (unpaired) electrons. The summed E-state index contributed by atoms with van der Waals surface area (Å²) in [7, 11) is 0. The largest absolute Gasteiger partial charge is 0.368 e. The average molecular weight is 486 g/mol. The van der Waals surface area contributed by atoms with Crippen LogP contribution in [0.15, 0.2) is 35.3 Å². The summed E-state index contributed by atoms with van der Waals surface area (Å²) in [6.07, 6.45) is 0. The molecular formula is C18H27IN6O2. The van der Waals surface area contributed by atoms with Gasteiger partial charge in [0, 0.05) is 38.4 Å². The molecule has 2 saturated heterocycles. The van der Waals surface area contributed by atoms with Crippen molar-refractivity contribution >= 4 is 47.6 Å². The lowest BCUT2D eigenvalue weighted by Crippen LogP contribution is -2.52. The van der Waals surface area contributed by atoms with Gasteiger partial charge in [0.05, 0.1) is 19.6 Å². The lowest BCUT2D eigenvalue weighted by Gasteiger charge is -2.37. The monoisotopic (exact) mass is 486 g/mol. The van der Waals surface area contributed by atoms with Crippen molar-refractivity contribution in [2.24, 2.45) is 4.99 Å². The predicted molar refractivity (Wildman–Crippen MR) is 117 cm³/mol. The standard InChI is InChI=1S/C18H26N6O2.HI/c1-2-19-17(20-8-9-24-16(25)14-21-18(24)26)23-12-10-22(11-13-23)15-6-4-3-5-7-15;/h3-7H,2,8-14H2,1H3,(H,19,20)(H,21,26);1H. The number of anilines is 1. The molecule has 0 spiro atoms. The van der Waals surface area contributed by atoms with E-state index in [1.807, 2.05) is 13.0 Å². The maximum atomic E-state index is 11.6. The molecule has 0 aliphatic carbocycles. The Bertz CT molecular complexity index is 645. The van der Waals surface area contributed by atoms with E-state index in [0.717, 1.165) is 38.7 Å². The average Bonchev–Trinajstić information content (AvgIpc) is 3.00. The Morgan fingerprint density at radius 2 is 1.85 bits per heavy atom. The fourth-order valence-electron chi connectivity index (χ4n) is 3.18. The zero-order chi connectivity index (χ0) is 18.4. The number of nitrogens with zero attached hydrogens (tertiary/aromatic N) is 4. The highest BCUT2D eigenvalue weighted by atomic mass is 127. The molecule has 0 saturated carbocycles. The maximum Gasteiger partial charge on any atom is 0.324 e. The molecule has 0 aromatic heterocycles. The number of rotatable bonds is 5. The second-order valence-corrected chi connectivity index (χ2v) is 6.25. The molecule has 27 heavy (non-hydrogen) atoms. The molecule has 0 unspecified atom stereocenters. The molecule has 8 nitrogen and oxygen atoms in total. The zero-order valence-electron chi connectivity index (χ0n) is 15.6. The number of guanidine groups is 1. The number of piperazine rings is 1. The summed E-state index contributed by atoms with van der Waals surface area (Å²) in [5.41, 5.74) is 1.24. The van der Waals surface area contributed by atoms with Gasteiger partial charge in [0.1, 0.15) is 0 Å². The summed E-state index contributed by atoms with van der Waals surface area (Å²) in [5.74, 6) is 0.652. The number of carbonyl (C=O) groups is 2. The van der Waals surface area contributed by atoms with E-state index in [1.165, 1.54) is 10.6 Å². The van der Waals surface area contributed by atoms with E-state index >= 15 is 0 Å². The van der Waals surface area contributed by atoms with Crippen LogP contribution in [0.2, 0.25) is 0 Å². The van der Waals surface area contributed by atoms with Crippen LogP contribution in [0.4, 0.5) is 10.5 Å². The lowest BCUT2D eigenvalue weighted by atomic mass is 10.2. The third-order valence-corrected chi connectivity index (χ3v) is 4.56. The summed E-state index contributed by atoms with van der Waals surface area (Å²) in [5, 5.41) is 5.83. The minimum absolute atomic E-state index is 0. The van der Waals surface area contributed by atoms with E-state index in [1.54, 1.807) is 0 Å². The first-order valence-electron chi connectivity index (χ1n) is 9.10. The number of benzene rings is 1. The van der Waals surface area contributed by atoms with Crippen LogP contribution in [0.25, 0.3) is 0 Å². The van der Waals surface area contributed by atoms with Gasteiger partial charge in [0.25, 0.3) is 0 Å². The Kier molecular flexibility index (Phi) is 8.14. The highest BCUT2D eigenvalue weighted by Crippen LogP contribution is 2.15. The van der Waals surface area contributed by atoms with E-state index in [-0.39, 0.29) is 42.5 Å². The van der Waals surface area contributed by atoms with Gasteiger partial charge < -0.3 is 20.4 Å². The summed E-state index contributed by atoms with van der Waals surface area (Å²) < 4.78 is 0. The summed E-state index contributed by atoms with van der Waals surface area (Å²) in [6.45, 7) is 7.23. The number of halogens is 1. The van der Waals surface area contributed by atoms with Gasteiger partial charge in [-0.05, 0) is 19.1 Å². The number of imide groups is 1. The molecule has 2 heterocycles. The number of hydrogen-bond donors (Lipinski definition) is 2. The molecule has 148 valence electrons. The minimum atomic E-state index is -0.327. The first kappa shape index (κ1) is 21.3. The van der Waals surface area contributed by atoms with Crippen molar-refractivity contribution in [2.75, 3.05) is 57.3 Å². The van der Waals surface area contributed by atoms with Crippen LogP contribution in [0.3, 0.4) is 0 Å². The molecule has 1 aromatic rings. The fourth-order valence-corrected chi connectivity index (χ4v) is 3.18. The van der Waals surface area contributed by atoms with E-state index in [9.17, 15) is 9.59 Å². The Morgan fingerprint density at radius 3 is 2.44 bits per heavy atom. The second-order valence-electron chi connectivity index (χ2n) is 6.25. The van der Waals surface area contributed by atoms with Gasteiger partial charge in [-0.2, -0.15) is 0 Å². The van der Waals surface area contributed by atoms with Crippen molar-refractivity contribution in [3.63, 3.8) is 0 Å². The number of hydrogen-bond acceptors (Lipinski definition) is 4. The molecule has 2 fully saturated rings. The van der Waals surface area contributed by atoms with Crippen molar-refractivity contribution in [1.82, 2.24) is 20.4 Å². The van der Waals surface area contributed by atoms with Crippen LogP contribution in [0, 0.1) is 0 Å². The molecule has 9 heteroatoms. The molecule has 2 aliphatic rings. The Labute approximate surface area is 177 Å². The van der Waals surface area contributed by atoms with E-state index in [0.29, 0.717) is 13.1 Å². The van der Waals surface area contributed by atoms with Crippen LogP contribution in [-0.2, 0) is 4.79 Å². The Balaban J connectivity index is 0.00000261. The first-order chi connectivity index (χ1) is 12.7. The Hall–Kier alpha value is -2.04. The number of amides is 3. The highest BCUT2D eigenvalue weighted by Gasteiger charge is 2.27. The van der Waals surface area contributed by atoms with Crippen LogP contribution < -0.4 is 15.5 Å². The second kappa shape index (κ2) is 10.3. The minimum Gasteiger partial charge on any atom is -0.368 e. The number of carbonyl (C=O) groups excluding carboxylic acids is 2. The first-order valence-corrected chi connectivity index (χ1v) is 9.10. The normalized spacial score (nSPS) is 17.7. The molecule has 1 aromatic carbocycles. The number of para-hydroxylation sites is 1. The van der Waals surface area contributed by atoms with Crippen molar-refractivity contribution in [1.29, 1.82) is 0 Å². The van der Waals surface area contributed by atoms with Crippen molar-refractivity contribution in [3.8, 4) is 0 Å². The smallest absolute Gasteiger partial charge is 0.324 e. The lowest BCUT2D eigenvalue weighted by molar-refractivity contribution is -0.124. The molecule has 0 atom stereocenters. The molecular weight excluding hydrogens is 459 g/mol. The van der Waals surface area contributed by atoms with E-state index in [4.69, 9.17) is 0 Å². The quantitative estimate of drug-likeness (QED) is 0.281. The van der Waals surface area contributed by atoms with Crippen LogP contribution in [0.5, 0.6) is 0 Å². The highest BCUT2D eigenvalue weighted by molar-refractivity contribution is 14.0. The molecule has 2 aliphatic heterocycles. The van der Waals surface area contributed by atoms with Gasteiger partial charge in [-0.3, -0.25) is 14.7 Å². The van der Waals surface area contributed by atoms with Crippen molar-refractivity contribution < 1.29 is 9.59 Å². The maximum absolute atomic E-state index is 11.6. The number of urea groups is 1. The molecule has 3 rings (SSSR count). The predicted octanol–water partition coefficient (Wildman–Crippen LogP) is 0.944. The summed E-state index contributed by atoms with van der Waals surface area (Å²) in [4.78, 5) is 33.6. The molecule has 3 amide bonds. The molecule has 2 N–H and O–H groups in total. The van der Waals surface area contributed by atoms with Crippen LogP contribution in [0.1, 0.15) is 6.92 Å². The molecule has 0 bridgehead atoms. The summed E-state index contributed by atoms with van der Waals surface area (Å²) >= 11 is 0. The topological polar surface area (TPSA) is 80.3 Å². The third kappa shape index (κ3) is 5.47. The van der Waals surface area contributed by atoms with Gasteiger partial charge in [0.2, 0.25) is 5.91 Å². The van der Waals surface area contributed by atoms with Gasteiger partial charge in [-0.1, -0.05) is 18.2 Å². The van der Waals surface area contributed by atoms with Crippen molar-refractivity contribution in [3.05, 3.63) is 30.3 Å². The van der Waals surface area contributed by atoms with Gasteiger partial charge in [-0.25, -0.2) is 4.79 Å². The van der Waals surface area contributed by atoms with Crippen LogP contribution >= 0.6 is 24.0 Å². The van der Waals surface area contributed by atoms with E-state index < -0.39 is 0 Å². The Morgan fingerprint density at radius 1 is 1.15 bits per heavy atom. The fraction of sp³-hybridized carbons (Fsp3) is 0.500.